The number of hydrogen-bond donors (Lipinski definition) is 2. The van der Waals surface area contributed by atoms with Crippen molar-refractivity contribution in [2.75, 3.05) is 18.4 Å². The molecule has 0 aliphatic carbocycles. The Kier molecular flexibility index (Phi) is 7.25. The van der Waals surface area contributed by atoms with Crippen LogP contribution in [0.5, 0.6) is 0 Å². The van der Waals surface area contributed by atoms with E-state index in [1.807, 2.05) is 25.1 Å². The van der Waals surface area contributed by atoms with Gasteiger partial charge in [-0.15, -0.1) is 0 Å². The van der Waals surface area contributed by atoms with Crippen molar-refractivity contribution in [3.05, 3.63) is 65.2 Å². The minimum Gasteiger partial charge on any atom is -0.452 e. The Morgan fingerprint density at radius 2 is 1.66 bits per heavy atom. The van der Waals surface area contributed by atoms with Gasteiger partial charge in [-0.05, 0) is 62.6 Å². The number of primary amides is 1. The highest BCUT2D eigenvalue weighted by molar-refractivity contribution is 5.97. The van der Waals surface area contributed by atoms with Crippen LogP contribution in [-0.2, 0) is 14.3 Å². The Balaban J connectivity index is 1.48. The average Bonchev–Trinajstić information content (AvgIpc) is 2.79. The molecule has 3 N–H and O–H groups in total. The van der Waals surface area contributed by atoms with E-state index >= 15 is 0 Å². The second-order valence-corrected chi connectivity index (χ2v) is 7.89. The number of piperidine rings is 1. The van der Waals surface area contributed by atoms with Gasteiger partial charge in [0.25, 0.3) is 11.8 Å². The van der Waals surface area contributed by atoms with Crippen LogP contribution in [0.4, 0.5) is 5.69 Å². The molecule has 3 rings (SSSR count). The van der Waals surface area contributed by atoms with Crippen molar-refractivity contribution in [1.29, 1.82) is 0 Å². The number of anilines is 1. The maximum absolute atomic E-state index is 12.7. The topological polar surface area (TPSA) is 119 Å². The summed E-state index contributed by atoms with van der Waals surface area (Å²) in [6, 6.07) is 13.5. The van der Waals surface area contributed by atoms with E-state index in [-0.39, 0.29) is 11.8 Å². The monoisotopic (exact) mass is 437 g/mol. The standard InChI is InChI=1S/C24H27N3O5/c1-15-5-3-4-6-20(15)23(30)27-13-11-18(12-14-27)24(31)32-16(2)22(29)26-19-9-7-17(8-10-19)21(25)28/h3-10,16,18H,11-14H2,1-2H3,(H2,25,28)(H,26,29)/t16-/m1/s1. The highest BCUT2D eigenvalue weighted by Crippen LogP contribution is 2.22. The molecule has 1 heterocycles. The van der Waals surface area contributed by atoms with E-state index in [1.165, 1.54) is 19.1 Å². The molecule has 8 nitrogen and oxygen atoms in total. The summed E-state index contributed by atoms with van der Waals surface area (Å²) in [6.07, 6.45) is -0.0106. The quantitative estimate of drug-likeness (QED) is 0.673. The Hall–Kier alpha value is -3.68. The molecular formula is C24H27N3O5. The van der Waals surface area contributed by atoms with Crippen molar-refractivity contribution in [3.8, 4) is 0 Å². The van der Waals surface area contributed by atoms with Crippen molar-refractivity contribution in [1.82, 2.24) is 4.90 Å². The second-order valence-electron chi connectivity index (χ2n) is 7.89. The van der Waals surface area contributed by atoms with Crippen LogP contribution in [0, 0.1) is 12.8 Å². The summed E-state index contributed by atoms with van der Waals surface area (Å²) in [6.45, 7) is 4.32. The summed E-state index contributed by atoms with van der Waals surface area (Å²) in [5.74, 6) is -1.88. The number of rotatable bonds is 6. The number of amides is 3. The van der Waals surface area contributed by atoms with Gasteiger partial charge in [-0.3, -0.25) is 19.2 Å². The van der Waals surface area contributed by atoms with Crippen LogP contribution in [-0.4, -0.2) is 47.8 Å². The predicted octanol–water partition coefficient (Wildman–Crippen LogP) is 2.52. The van der Waals surface area contributed by atoms with Crippen molar-refractivity contribution in [3.63, 3.8) is 0 Å². The fraction of sp³-hybridized carbons (Fsp3) is 0.333. The Labute approximate surface area is 186 Å². The first-order valence-electron chi connectivity index (χ1n) is 10.5. The van der Waals surface area contributed by atoms with Gasteiger partial charge in [0.05, 0.1) is 5.92 Å². The summed E-state index contributed by atoms with van der Waals surface area (Å²) >= 11 is 0. The van der Waals surface area contributed by atoms with E-state index in [2.05, 4.69) is 5.32 Å². The van der Waals surface area contributed by atoms with Gasteiger partial charge < -0.3 is 20.7 Å². The third kappa shape index (κ3) is 5.51. The Morgan fingerprint density at radius 1 is 1.03 bits per heavy atom. The number of aryl methyl sites for hydroxylation is 1. The normalized spacial score (nSPS) is 15.0. The SMILES string of the molecule is Cc1ccccc1C(=O)N1CCC(C(=O)O[C@H](C)C(=O)Nc2ccc(C(N)=O)cc2)CC1. The Bertz CT molecular complexity index is 1010. The van der Waals surface area contributed by atoms with Gasteiger partial charge in [-0.1, -0.05) is 18.2 Å². The van der Waals surface area contributed by atoms with E-state index < -0.39 is 23.9 Å². The number of likely N-dealkylation sites (tertiary alicyclic amines) is 1. The molecule has 0 unspecified atom stereocenters. The van der Waals surface area contributed by atoms with E-state index in [1.54, 1.807) is 23.1 Å². The zero-order valence-corrected chi connectivity index (χ0v) is 18.2. The van der Waals surface area contributed by atoms with Crippen molar-refractivity contribution < 1.29 is 23.9 Å². The number of benzene rings is 2. The molecule has 1 atom stereocenters. The fourth-order valence-corrected chi connectivity index (χ4v) is 3.59. The van der Waals surface area contributed by atoms with Gasteiger partial charge in [0.2, 0.25) is 5.91 Å². The number of carbonyl (C=O) groups excluding carboxylic acids is 4. The fourth-order valence-electron chi connectivity index (χ4n) is 3.59. The van der Waals surface area contributed by atoms with Crippen molar-refractivity contribution in [2.45, 2.75) is 32.8 Å². The van der Waals surface area contributed by atoms with Crippen molar-refractivity contribution >= 4 is 29.4 Å². The molecule has 0 saturated carbocycles. The van der Waals surface area contributed by atoms with Crippen LogP contribution in [0.25, 0.3) is 0 Å². The molecule has 0 aromatic heterocycles. The molecule has 1 aliphatic heterocycles. The van der Waals surface area contributed by atoms with Gasteiger partial charge in [0.15, 0.2) is 6.10 Å². The van der Waals surface area contributed by atoms with Crippen LogP contribution in [0.2, 0.25) is 0 Å². The lowest BCUT2D eigenvalue weighted by Gasteiger charge is -2.31. The van der Waals surface area contributed by atoms with E-state index in [0.717, 1.165) is 5.56 Å². The molecule has 32 heavy (non-hydrogen) atoms. The summed E-state index contributed by atoms with van der Waals surface area (Å²) in [4.78, 5) is 50.5. The first-order chi connectivity index (χ1) is 15.3. The number of hydrogen-bond acceptors (Lipinski definition) is 5. The molecule has 0 spiro atoms. The molecule has 3 amide bonds. The van der Waals surface area contributed by atoms with Crippen LogP contribution in [0.15, 0.2) is 48.5 Å². The van der Waals surface area contributed by atoms with E-state index in [4.69, 9.17) is 10.5 Å². The van der Waals surface area contributed by atoms with Gasteiger partial charge in [0.1, 0.15) is 0 Å². The summed E-state index contributed by atoms with van der Waals surface area (Å²) in [7, 11) is 0. The molecule has 2 aromatic carbocycles. The third-order valence-corrected chi connectivity index (χ3v) is 5.59. The van der Waals surface area contributed by atoms with Crippen LogP contribution in [0.3, 0.4) is 0 Å². The van der Waals surface area contributed by atoms with Gasteiger partial charge in [-0.2, -0.15) is 0 Å². The zero-order chi connectivity index (χ0) is 23.3. The molecule has 0 bridgehead atoms. The molecule has 2 aromatic rings. The highest BCUT2D eigenvalue weighted by Gasteiger charge is 2.31. The van der Waals surface area contributed by atoms with E-state index in [0.29, 0.717) is 42.7 Å². The van der Waals surface area contributed by atoms with E-state index in [9.17, 15) is 19.2 Å². The zero-order valence-electron chi connectivity index (χ0n) is 18.2. The van der Waals surface area contributed by atoms with Crippen molar-refractivity contribution in [2.24, 2.45) is 11.7 Å². The largest absolute Gasteiger partial charge is 0.452 e. The van der Waals surface area contributed by atoms with Gasteiger partial charge in [0, 0.05) is 29.9 Å². The smallest absolute Gasteiger partial charge is 0.309 e. The van der Waals surface area contributed by atoms with Crippen LogP contribution < -0.4 is 11.1 Å². The lowest BCUT2D eigenvalue weighted by molar-refractivity contribution is -0.158. The second kappa shape index (κ2) is 10.1. The van der Waals surface area contributed by atoms with Gasteiger partial charge >= 0.3 is 5.97 Å². The van der Waals surface area contributed by atoms with Crippen LogP contribution >= 0.6 is 0 Å². The highest BCUT2D eigenvalue weighted by atomic mass is 16.5. The molecule has 168 valence electrons. The number of ether oxygens (including phenoxy) is 1. The molecule has 1 saturated heterocycles. The summed E-state index contributed by atoms with van der Waals surface area (Å²) < 4.78 is 5.36. The number of carbonyl (C=O) groups is 4. The van der Waals surface area contributed by atoms with Gasteiger partial charge in [-0.25, -0.2) is 0 Å². The lowest BCUT2D eigenvalue weighted by Crippen LogP contribution is -2.42. The maximum Gasteiger partial charge on any atom is 0.309 e. The van der Waals surface area contributed by atoms with Crippen LogP contribution in [0.1, 0.15) is 46.0 Å². The Morgan fingerprint density at radius 3 is 2.25 bits per heavy atom. The molecule has 1 aliphatic rings. The summed E-state index contributed by atoms with van der Waals surface area (Å²) in [5.41, 5.74) is 7.58. The molecule has 1 fully saturated rings. The first-order valence-corrected chi connectivity index (χ1v) is 10.5. The molecule has 0 radical (unpaired) electrons. The molecule has 8 heteroatoms. The maximum atomic E-state index is 12.7. The minimum absolute atomic E-state index is 0.0370. The lowest BCUT2D eigenvalue weighted by atomic mass is 9.96. The minimum atomic E-state index is -0.982. The first kappa shape index (κ1) is 23.0. The third-order valence-electron chi connectivity index (χ3n) is 5.59. The summed E-state index contributed by atoms with van der Waals surface area (Å²) in [5, 5.41) is 2.64. The number of esters is 1. The predicted molar refractivity (Wildman–Crippen MR) is 119 cm³/mol. The molecular weight excluding hydrogens is 410 g/mol. The average molecular weight is 437 g/mol. The number of nitrogens with two attached hydrogens (primary N) is 1. The number of nitrogens with one attached hydrogen (secondary N) is 1. The number of nitrogens with zero attached hydrogens (tertiary/aromatic N) is 1.